The van der Waals surface area contributed by atoms with E-state index in [-0.39, 0.29) is 22.1 Å². The Hall–Kier alpha value is -1.54. The maximum Gasteiger partial charge on any atom is 0.262 e. The summed E-state index contributed by atoms with van der Waals surface area (Å²) >= 11 is 0. The Morgan fingerprint density at radius 2 is 1.80 bits per heavy atom. The average molecular weight is 306 g/mol. The SMILES string of the molecule is CC.CC.Cc1occ(C2=NOCCO2)c1S(N)(=O)=O. The first-order valence-corrected chi connectivity index (χ1v) is 7.99. The number of sulfonamides is 1. The maximum absolute atomic E-state index is 11.3. The fraction of sp³-hybridized carbons (Fsp3) is 0.583. The maximum atomic E-state index is 11.3. The molecular formula is C12H22N2O5S. The van der Waals surface area contributed by atoms with Crippen molar-refractivity contribution in [2.24, 2.45) is 10.3 Å². The first-order valence-electron chi connectivity index (χ1n) is 6.44. The van der Waals surface area contributed by atoms with Crippen LogP contribution in [-0.4, -0.2) is 27.5 Å². The summed E-state index contributed by atoms with van der Waals surface area (Å²) < 4.78 is 32.8. The predicted molar refractivity (Wildman–Crippen MR) is 76.0 cm³/mol. The molecule has 2 heterocycles. The lowest BCUT2D eigenvalue weighted by Gasteiger charge is -2.12. The highest BCUT2D eigenvalue weighted by molar-refractivity contribution is 7.89. The lowest BCUT2D eigenvalue weighted by atomic mass is 10.3. The molecule has 1 aliphatic heterocycles. The van der Waals surface area contributed by atoms with Gasteiger partial charge in [-0.15, -0.1) is 0 Å². The van der Waals surface area contributed by atoms with Crippen molar-refractivity contribution in [1.82, 2.24) is 0 Å². The fourth-order valence-electron chi connectivity index (χ4n) is 1.38. The molecule has 0 bridgehead atoms. The van der Waals surface area contributed by atoms with Gasteiger partial charge in [0.05, 0.1) is 5.56 Å². The number of rotatable bonds is 2. The van der Waals surface area contributed by atoms with E-state index in [2.05, 4.69) is 5.16 Å². The van der Waals surface area contributed by atoms with Gasteiger partial charge in [0.15, 0.2) is 6.61 Å². The summed E-state index contributed by atoms with van der Waals surface area (Å²) in [6.45, 7) is 10.1. The Morgan fingerprint density at radius 1 is 1.20 bits per heavy atom. The van der Waals surface area contributed by atoms with Crippen LogP contribution >= 0.6 is 0 Å². The van der Waals surface area contributed by atoms with Crippen molar-refractivity contribution >= 4 is 15.9 Å². The highest BCUT2D eigenvalue weighted by Gasteiger charge is 2.26. The zero-order valence-corrected chi connectivity index (χ0v) is 13.3. The van der Waals surface area contributed by atoms with Crippen LogP contribution in [0.1, 0.15) is 39.0 Å². The van der Waals surface area contributed by atoms with Crippen molar-refractivity contribution in [2.45, 2.75) is 39.5 Å². The van der Waals surface area contributed by atoms with Crippen LogP contribution in [0.5, 0.6) is 0 Å². The van der Waals surface area contributed by atoms with Gasteiger partial charge in [0.1, 0.15) is 23.5 Å². The average Bonchev–Trinajstić information content (AvgIpc) is 2.86. The molecule has 0 aliphatic carbocycles. The van der Waals surface area contributed by atoms with Crippen LogP contribution in [0.15, 0.2) is 20.7 Å². The molecule has 0 saturated carbocycles. The lowest BCUT2D eigenvalue weighted by molar-refractivity contribution is 0.0653. The van der Waals surface area contributed by atoms with Gasteiger partial charge in [-0.25, -0.2) is 13.6 Å². The summed E-state index contributed by atoms with van der Waals surface area (Å²) in [6.07, 6.45) is 1.22. The van der Waals surface area contributed by atoms with Crippen LogP contribution in [0.25, 0.3) is 0 Å². The van der Waals surface area contributed by atoms with Gasteiger partial charge >= 0.3 is 0 Å². The third-order valence-corrected chi connectivity index (χ3v) is 3.07. The van der Waals surface area contributed by atoms with Crippen LogP contribution in [0.3, 0.4) is 0 Å². The molecule has 0 aromatic carbocycles. The van der Waals surface area contributed by atoms with Crippen molar-refractivity contribution < 1.29 is 22.4 Å². The quantitative estimate of drug-likeness (QED) is 0.899. The number of hydrogen-bond acceptors (Lipinski definition) is 6. The van der Waals surface area contributed by atoms with Crippen LogP contribution in [-0.2, 0) is 19.6 Å². The molecule has 116 valence electrons. The van der Waals surface area contributed by atoms with E-state index >= 15 is 0 Å². The second-order valence-corrected chi connectivity index (χ2v) is 4.66. The summed E-state index contributed by atoms with van der Waals surface area (Å²) in [4.78, 5) is 4.67. The third-order valence-electron chi connectivity index (χ3n) is 1.99. The number of nitrogens with zero attached hydrogens (tertiary/aromatic N) is 1. The van der Waals surface area contributed by atoms with Gasteiger partial charge in [-0.1, -0.05) is 27.7 Å². The molecule has 8 heteroatoms. The molecule has 0 radical (unpaired) electrons. The van der Waals surface area contributed by atoms with E-state index in [1.165, 1.54) is 13.2 Å². The van der Waals surface area contributed by atoms with Crippen LogP contribution in [0, 0.1) is 6.92 Å². The Morgan fingerprint density at radius 3 is 2.25 bits per heavy atom. The molecule has 2 rings (SSSR count). The number of hydrogen-bond donors (Lipinski definition) is 1. The van der Waals surface area contributed by atoms with Crippen LogP contribution in [0.2, 0.25) is 0 Å². The minimum absolute atomic E-state index is 0.0622. The van der Waals surface area contributed by atoms with Crippen LogP contribution < -0.4 is 5.14 Å². The molecule has 7 nitrogen and oxygen atoms in total. The third kappa shape index (κ3) is 4.53. The summed E-state index contributed by atoms with van der Waals surface area (Å²) in [5.74, 6) is 0.251. The Bertz CT molecular complexity index is 534. The van der Waals surface area contributed by atoms with Gasteiger partial charge in [0.25, 0.3) is 5.90 Å². The monoisotopic (exact) mass is 306 g/mol. The first kappa shape index (κ1) is 18.5. The molecule has 0 unspecified atom stereocenters. The summed E-state index contributed by atoms with van der Waals surface area (Å²) in [5, 5.41) is 8.67. The highest BCUT2D eigenvalue weighted by Crippen LogP contribution is 2.23. The molecule has 0 amide bonds. The van der Waals surface area contributed by atoms with E-state index in [0.717, 1.165) is 0 Å². The number of nitrogens with two attached hydrogens (primary N) is 1. The van der Waals surface area contributed by atoms with Gasteiger partial charge in [-0.2, -0.15) is 0 Å². The predicted octanol–water partition coefficient (Wildman–Crippen LogP) is 2.00. The number of ether oxygens (including phenoxy) is 1. The number of oxime groups is 1. The van der Waals surface area contributed by atoms with E-state index in [1.54, 1.807) is 0 Å². The molecule has 0 saturated heterocycles. The Balaban J connectivity index is 0.000000829. The van der Waals surface area contributed by atoms with Gasteiger partial charge in [-0.3, -0.25) is 0 Å². The van der Waals surface area contributed by atoms with Crippen molar-refractivity contribution in [2.75, 3.05) is 13.2 Å². The second-order valence-electron chi connectivity index (χ2n) is 3.16. The molecule has 2 N–H and O–H groups in total. The smallest absolute Gasteiger partial charge is 0.262 e. The van der Waals surface area contributed by atoms with E-state index in [4.69, 9.17) is 19.1 Å². The fourth-order valence-corrected chi connectivity index (χ4v) is 2.27. The molecule has 0 spiro atoms. The summed E-state index contributed by atoms with van der Waals surface area (Å²) in [5.41, 5.74) is 0.180. The Labute approximate surface area is 119 Å². The largest absolute Gasteiger partial charge is 0.471 e. The zero-order chi connectivity index (χ0) is 15.8. The zero-order valence-electron chi connectivity index (χ0n) is 12.5. The molecular weight excluding hydrogens is 284 g/mol. The first-order chi connectivity index (χ1) is 9.50. The molecule has 0 fully saturated rings. The Kier molecular flexibility index (Phi) is 7.93. The molecule has 1 aromatic heterocycles. The van der Waals surface area contributed by atoms with Crippen molar-refractivity contribution in [3.8, 4) is 0 Å². The van der Waals surface area contributed by atoms with E-state index in [9.17, 15) is 8.42 Å². The molecule has 1 aromatic rings. The summed E-state index contributed by atoms with van der Waals surface area (Å²) in [6, 6.07) is 0. The van der Waals surface area contributed by atoms with Crippen molar-refractivity contribution in [3.05, 3.63) is 17.6 Å². The van der Waals surface area contributed by atoms with E-state index < -0.39 is 10.0 Å². The molecule has 1 aliphatic rings. The minimum atomic E-state index is -3.88. The van der Waals surface area contributed by atoms with E-state index in [0.29, 0.717) is 13.2 Å². The standard InChI is InChI=1S/C8H10N2O5S.2C2H6/c1-5-7(16(9,11)12)6(4-14-5)8-10-15-3-2-13-8;2*1-2/h4H,2-3H2,1H3,(H2,9,11,12);2*1-2H3. The minimum Gasteiger partial charge on any atom is -0.471 e. The highest BCUT2D eigenvalue weighted by atomic mass is 32.2. The van der Waals surface area contributed by atoms with Crippen LogP contribution in [0.4, 0.5) is 0 Å². The second kappa shape index (κ2) is 8.60. The topological polar surface area (TPSA) is 104 Å². The van der Waals surface area contributed by atoms with Gasteiger partial charge in [0, 0.05) is 0 Å². The van der Waals surface area contributed by atoms with Crippen molar-refractivity contribution in [3.63, 3.8) is 0 Å². The molecule has 20 heavy (non-hydrogen) atoms. The molecule has 0 atom stereocenters. The van der Waals surface area contributed by atoms with Gasteiger partial charge in [0.2, 0.25) is 10.0 Å². The number of aryl methyl sites for hydroxylation is 1. The van der Waals surface area contributed by atoms with Gasteiger partial charge in [-0.05, 0) is 12.1 Å². The van der Waals surface area contributed by atoms with E-state index in [1.807, 2.05) is 27.7 Å². The van der Waals surface area contributed by atoms with Crippen molar-refractivity contribution in [1.29, 1.82) is 0 Å². The summed E-state index contributed by atoms with van der Waals surface area (Å²) in [7, 11) is -3.88. The number of furan rings is 1. The lowest BCUT2D eigenvalue weighted by Crippen LogP contribution is -2.21. The van der Waals surface area contributed by atoms with Gasteiger partial charge < -0.3 is 14.0 Å². The number of primary sulfonamides is 1. The normalized spacial score (nSPS) is 13.6.